The molecule has 5 heteroatoms. The molecule has 1 aromatic carbocycles. The molecule has 3 nitrogen and oxygen atoms in total. The highest BCUT2D eigenvalue weighted by molar-refractivity contribution is 14.1. The summed E-state index contributed by atoms with van der Waals surface area (Å²) in [6.45, 7) is 2.32. The van der Waals surface area contributed by atoms with Gasteiger partial charge in [0.2, 0.25) is 0 Å². The number of hydrogen-bond acceptors (Lipinski definition) is 2. The molecule has 0 aliphatic carbocycles. The zero-order valence-corrected chi connectivity index (χ0v) is 12.0. The molecule has 0 saturated carbocycles. The summed E-state index contributed by atoms with van der Waals surface area (Å²) >= 11 is 5.53. The Morgan fingerprint density at radius 2 is 2.33 bits per heavy atom. The van der Waals surface area contributed by atoms with E-state index in [1.807, 2.05) is 19.1 Å². The van der Waals surface area contributed by atoms with E-state index in [-0.39, 0.29) is 11.9 Å². The van der Waals surface area contributed by atoms with E-state index in [1.165, 1.54) is 0 Å². The fraction of sp³-hybridized carbons (Fsp3) is 0.300. The molecule has 0 radical (unpaired) electrons. The van der Waals surface area contributed by atoms with Gasteiger partial charge in [-0.15, -0.1) is 0 Å². The number of halogens is 2. The second kappa shape index (κ2) is 5.81. The van der Waals surface area contributed by atoms with E-state index in [9.17, 15) is 4.79 Å². The molecule has 0 aliphatic heterocycles. The molecule has 0 aromatic heterocycles. The van der Waals surface area contributed by atoms with Gasteiger partial charge >= 0.3 is 0 Å². The van der Waals surface area contributed by atoms with Crippen molar-refractivity contribution < 1.29 is 4.79 Å². The lowest BCUT2D eigenvalue weighted by molar-refractivity contribution is 0.0940. The summed E-state index contributed by atoms with van der Waals surface area (Å²) in [7, 11) is 0. The third kappa shape index (κ3) is 3.42. The van der Waals surface area contributed by atoms with Crippen LogP contribution in [0.3, 0.4) is 0 Å². The van der Waals surface area contributed by atoms with Crippen molar-refractivity contribution >= 4 is 44.4 Å². The number of nitrogens with two attached hydrogens (primary N) is 1. The first-order valence-corrected chi connectivity index (χ1v) is 6.38. The van der Waals surface area contributed by atoms with Crippen molar-refractivity contribution in [2.24, 2.45) is 5.73 Å². The van der Waals surface area contributed by atoms with Gasteiger partial charge in [-0.25, -0.2) is 0 Å². The van der Waals surface area contributed by atoms with E-state index in [0.717, 1.165) is 8.04 Å². The van der Waals surface area contributed by atoms with Gasteiger partial charge in [0.05, 0.1) is 5.56 Å². The van der Waals surface area contributed by atoms with Crippen LogP contribution in [0, 0.1) is 3.57 Å². The summed E-state index contributed by atoms with van der Waals surface area (Å²) in [6, 6.07) is 5.54. The van der Waals surface area contributed by atoms with Crippen molar-refractivity contribution in [1.82, 2.24) is 5.32 Å². The third-order valence-electron chi connectivity index (χ3n) is 1.93. The van der Waals surface area contributed by atoms with Gasteiger partial charge in [-0.3, -0.25) is 4.79 Å². The quantitative estimate of drug-likeness (QED) is 0.787. The Morgan fingerprint density at radius 3 is 2.93 bits per heavy atom. The molecule has 15 heavy (non-hydrogen) atoms. The molecule has 1 atom stereocenters. The minimum Gasteiger partial charge on any atom is -0.348 e. The summed E-state index contributed by atoms with van der Waals surface area (Å²) in [4.78, 5) is 11.8. The fourth-order valence-corrected chi connectivity index (χ4v) is 2.01. The third-order valence-corrected chi connectivity index (χ3v) is 4.49. The predicted octanol–water partition coefficient (Wildman–Crippen LogP) is 2.13. The van der Waals surface area contributed by atoms with Crippen molar-refractivity contribution in [3.63, 3.8) is 0 Å². The summed E-state index contributed by atoms with van der Waals surface area (Å²) in [5.74, 6) is -0.0846. The average Bonchev–Trinajstić information content (AvgIpc) is 2.21. The molecule has 1 amide bonds. The van der Waals surface area contributed by atoms with Crippen LogP contribution in [0.25, 0.3) is 0 Å². The maximum absolute atomic E-state index is 11.8. The lowest BCUT2D eigenvalue weighted by Crippen LogP contribution is -2.38. The first kappa shape index (κ1) is 12.9. The van der Waals surface area contributed by atoms with E-state index >= 15 is 0 Å². The van der Waals surface area contributed by atoms with Crippen molar-refractivity contribution in [2.75, 3.05) is 6.54 Å². The SMILES string of the molecule is C[C@H](CN)NC(=O)c1cccc(Br)c1I. The van der Waals surface area contributed by atoms with Crippen LogP contribution in [0.15, 0.2) is 22.7 Å². The first-order chi connectivity index (χ1) is 7.06. The topological polar surface area (TPSA) is 55.1 Å². The number of carbonyl (C=O) groups excluding carboxylic acids is 1. The van der Waals surface area contributed by atoms with Crippen LogP contribution < -0.4 is 11.1 Å². The highest BCUT2D eigenvalue weighted by Crippen LogP contribution is 2.22. The number of nitrogens with one attached hydrogen (secondary N) is 1. The molecule has 0 spiro atoms. The standard InChI is InChI=1S/C10H12BrIN2O/c1-6(5-13)14-10(15)7-3-2-4-8(11)9(7)12/h2-4,6H,5,13H2,1H3,(H,14,15)/t6-/m1/s1. The summed E-state index contributed by atoms with van der Waals surface area (Å²) in [5.41, 5.74) is 6.11. The molecule has 0 fully saturated rings. The molecule has 0 bridgehead atoms. The van der Waals surface area contributed by atoms with E-state index in [0.29, 0.717) is 12.1 Å². The maximum atomic E-state index is 11.8. The van der Waals surface area contributed by atoms with E-state index < -0.39 is 0 Å². The summed E-state index contributed by atoms with van der Waals surface area (Å²) in [5, 5.41) is 2.82. The van der Waals surface area contributed by atoms with Gasteiger partial charge in [0.15, 0.2) is 0 Å². The molecule has 82 valence electrons. The number of amides is 1. The van der Waals surface area contributed by atoms with Crippen LogP contribution >= 0.6 is 38.5 Å². The molecule has 1 rings (SSSR count). The Hall–Kier alpha value is -0.140. The Kier molecular flexibility index (Phi) is 5.01. The van der Waals surface area contributed by atoms with Crippen LogP contribution in [-0.4, -0.2) is 18.5 Å². The Balaban J connectivity index is 2.87. The second-order valence-electron chi connectivity index (χ2n) is 3.21. The Morgan fingerprint density at radius 1 is 1.67 bits per heavy atom. The second-order valence-corrected chi connectivity index (χ2v) is 5.14. The predicted molar refractivity (Wildman–Crippen MR) is 72.8 cm³/mol. The van der Waals surface area contributed by atoms with Crippen LogP contribution in [0.1, 0.15) is 17.3 Å². The van der Waals surface area contributed by atoms with Crippen molar-refractivity contribution in [3.8, 4) is 0 Å². The first-order valence-electron chi connectivity index (χ1n) is 4.51. The van der Waals surface area contributed by atoms with Crippen LogP contribution in [0.5, 0.6) is 0 Å². The van der Waals surface area contributed by atoms with Crippen LogP contribution in [0.2, 0.25) is 0 Å². The lowest BCUT2D eigenvalue weighted by atomic mass is 10.2. The molecular formula is C10H12BrIN2O. The smallest absolute Gasteiger partial charge is 0.252 e. The van der Waals surface area contributed by atoms with E-state index in [1.54, 1.807) is 6.07 Å². The molecule has 0 heterocycles. The van der Waals surface area contributed by atoms with E-state index in [4.69, 9.17) is 5.73 Å². The average molecular weight is 383 g/mol. The highest BCUT2D eigenvalue weighted by Gasteiger charge is 2.13. The highest BCUT2D eigenvalue weighted by atomic mass is 127. The van der Waals surface area contributed by atoms with Crippen LogP contribution in [-0.2, 0) is 0 Å². The largest absolute Gasteiger partial charge is 0.348 e. The molecular weight excluding hydrogens is 371 g/mol. The number of carbonyl (C=O) groups is 1. The number of benzene rings is 1. The molecule has 0 unspecified atom stereocenters. The van der Waals surface area contributed by atoms with Gasteiger partial charge in [-0.1, -0.05) is 6.07 Å². The monoisotopic (exact) mass is 382 g/mol. The van der Waals surface area contributed by atoms with Gasteiger partial charge in [-0.2, -0.15) is 0 Å². The molecule has 3 N–H and O–H groups in total. The van der Waals surface area contributed by atoms with Gasteiger partial charge in [-0.05, 0) is 57.6 Å². The molecule has 0 aliphatic rings. The van der Waals surface area contributed by atoms with Gasteiger partial charge in [0.25, 0.3) is 5.91 Å². The minimum atomic E-state index is -0.0846. The molecule has 0 saturated heterocycles. The lowest BCUT2D eigenvalue weighted by Gasteiger charge is -2.12. The Labute approximate surface area is 111 Å². The normalized spacial score (nSPS) is 12.3. The maximum Gasteiger partial charge on any atom is 0.252 e. The van der Waals surface area contributed by atoms with Crippen molar-refractivity contribution in [2.45, 2.75) is 13.0 Å². The fourth-order valence-electron chi connectivity index (χ4n) is 1.04. The van der Waals surface area contributed by atoms with Crippen molar-refractivity contribution in [3.05, 3.63) is 31.8 Å². The Bertz CT molecular complexity index is 370. The van der Waals surface area contributed by atoms with Gasteiger partial charge < -0.3 is 11.1 Å². The van der Waals surface area contributed by atoms with Crippen LogP contribution in [0.4, 0.5) is 0 Å². The number of hydrogen-bond donors (Lipinski definition) is 2. The minimum absolute atomic E-state index is 0.00715. The summed E-state index contributed by atoms with van der Waals surface area (Å²) < 4.78 is 1.84. The van der Waals surface area contributed by atoms with Gasteiger partial charge in [0, 0.05) is 20.6 Å². The van der Waals surface area contributed by atoms with Gasteiger partial charge in [0.1, 0.15) is 0 Å². The summed E-state index contributed by atoms with van der Waals surface area (Å²) in [6.07, 6.45) is 0. The van der Waals surface area contributed by atoms with Crippen molar-refractivity contribution in [1.29, 1.82) is 0 Å². The van der Waals surface area contributed by atoms with E-state index in [2.05, 4.69) is 43.8 Å². The number of rotatable bonds is 3. The zero-order chi connectivity index (χ0) is 11.4. The molecule has 1 aromatic rings. The zero-order valence-electron chi connectivity index (χ0n) is 8.26.